The monoisotopic (exact) mass is 563 g/mol. The van der Waals surface area contributed by atoms with E-state index in [0.29, 0.717) is 19.5 Å². The van der Waals surface area contributed by atoms with Gasteiger partial charge in [0.15, 0.2) is 0 Å². The molecule has 7 atom stereocenters. The second kappa shape index (κ2) is 12.4. The number of carbonyl (C=O) groups excluding carboxylic acids is 3. The van der Waals surface area contributed by atoms with Crippen LogP contribution in [0.5, 0.6) is 0 Å². The molecular formula is C32H41N3O4S. The molecule has 40 heavy (non-hydrogen) atoms. The molecule has 1 spiro atoms. The molecule has 2 aromatic rings. The molecular weight excluding hydrogens is 522 g/mol. The van der Waals surface area contributed by atoms with E-state index in [0.717, 1.165) is 36.8 Å². The molecule has 3 unspecified atom stereocenters. The van der Waals surface area contributed by atoms with E-state index in [1.807, 2.05) is 60.7 Å². The molecule has 3 N–H and O–H groups in total. The van der Waals surface area contributed by atoms with E-state index >= 15 is 0 Å². The van der Waals surface area contributed by atoms with Crippen LogP contribution in [0.25, 0.3) is 0 Å². The summed E-state index contributed by atoms with van der Waals surface area (Å²) < 4.78 is -0.699. The first-order chi connectivity index (χ1) is 19.4. The van der Waals surface area contributed by atoms with Crippen LogP contribution >= 0.6 is 11.8 Å². The Labute approximate surface area is 241 Å². The van der Waals surface area contributed by atoms with Crippen LogP contribution in [0.4, 0.5) is 0 Å². The lowest BCUT2D eigenvalue weighted by atomic mass is 9.66. The molecule has 214 valence electrons. The van der Waals surface area contributed by atoms with Crippen molar-refractivity contribution in [2.45, 2.75) is 74.6 Å². The van der Waals surface area contributed by atoms with E-state index in [4.69, 9.17) is 0 Å². The molecule has 0 aromatic heterocycles. The molecule has 3 amide bonds. The predicted octanol–water partition coefficient (Wildman–Crippen LogP) is 3.55. The lowest BCUT2D eigenvalue weighted by molar-refractivity contribution is -0.142. The van der Waals surface area contributed by atoms with Gasteiger partial charge in [-0.05, 0) is 36.3 Å². The van der Waals surface area contributed by atoms with E-state index < -0.39 is 28.7 Å². The van der Waals surface area contributed by atoms with Crippen LogP contribution in [-0.4, -0.2) is 63.0 Å². The Morgan fingerprint density at radius 1 is 1.02 bits per heavy atom. The maximum Gasteiger partial charge on any atom is 0.244 e. The molecule has 0 saturated carbocycles. The zero-order valence-electron chi connectivity index (χ0n) is 23.4. The van der Waals surface area contributed by atoms with Gasteiger partial charge in [0.05, 0.1) is 29.2 Å². The van der Waals surface area contributed by atoms with Crippen LogP contribution in [0.2, 0.25) is 0 Å². The van der Waals surface area contributed by atoms with E-state index in [2.05, 4.69) is 24.5 Å². The zero-order valence-corrected chi connectivity index (χ0v) is 24.2. The molecule has 3 aliphatic rings. The number of rotatable bonds is 12. The molecule has 0 radical (unpaired) electrons. The van der Waals surface area contributed by atoms with Gasteiger partial charge in [0.2, 0.25) is 17.7 Å². The number of fused-ring (bicyclic) bond motifs is 1. The summed E-state index contributed by atoms with van der Waals surface area (Å²) in [5, 5.41) is 16.8. The van der Waals surface area contributed by atoms with Crippen molar-refractivity contribution in [2.24, 2.45) is 17.8 Å². The number of nitrogens with one attached hydrogen (secondary N) is 2. The fourth-order valence-corrected chi connectivity index (χ4v) is 9.58. The van der Waals surface area contributed by atoms with Gasteiger partial charge in [-0.3, -0.25) is 14.4 Å². The van der Waals surface area contributed by atoms with Crippen molar-refractivity contribution in [3.63, 3.8) is 0 Å². The molecule has 2 bridgehead atoms. The minimum absolute atomic E-state index is 0.0148. The third kappa shape index (κ3) is 5.16. The van der Waals surface area contributed by atoms with Gasteiger partial charge in [-0.15, -0.1) is 11.8 Å². The Morgan fingerprint density at radius 2 is 1.70 bits per heavy atom. The summed E-state index contributed by atoms with van der Waals surface area (Å²) in [6.45, 7) is 4.94. The Kier molecular flexibility index (Phi) is 8.86. The normalized spacial score (nSPS) is 29.3. The third-order valence-corrected chi connectivity index (χ3v) is 11.1. The lowest BCUT2D eigenvalue weighted by Crippen LogP contribution is -2.59. The number of unbranched alkanes of at least 4 members (excludes halogenated alkanes) is 2. The predicted molar refractivity (Wildman–Crippen MR) is 157 cm³/mol. The minimum Gasteiger partial charge on any atom is -0.394 e. The first-order valence-electron chi connectivity index (χ1n) is 14.7. The zero-order chi connectivity index (χ0) is 28.3. The second-order valence-electron chi connectivity index (χ2n) is 11.5. The Hall–Kier alpha value is -2.84. The number of aliphatic hydroxyl groups excluding tert-OH is 1. The van der Waals surface area contributed by atoms with Crippen LogP contribution in [-0.2, 0) is 27.3 Å². The van der Waals surface area contributed by atoms with Crippen molar-refractivity contribution in [3.05, 3.63) is 71.8 Å². The highest BCUT2D eigenvalue weighted by atomic mass is 32.2. The van der Waals surface area contributed by atoms with Crippen LogP contribution in [0.3, 0.4) is 0 Å². The lowest BCUT2D eigenvalue weighted by Gasteiger charge is -2.40. The summed E-state index contributed by atoms with van der Waals surface area (Å²) in [4.78, 5) is 43.8. The second-order valence-corrected chi connectivity index (χ2v) is 13.1. The van der Waals surface area contributed by atoms with Crippen molar-refractivity contribution in [3.8, 4) is 0 Å². The Morgan fingerprint density at radius 3 is 2.35 bits per heavy atom. The summed E-state index contributed by atoms with van der Waals surface area (Å²) in [6.07, 6.45) is 4.18. The molecule has 0 aliphatic carbocycles. The van der Waals surface area contributed by atoms with Crippen molar-refractivity contribution in [2.75, 3.05) is 13.2 Å². The number of thioether (sulfide) groups is 1. The van der Waals surface area contributed by atoms with Crippen molar-refractivity contribution in [1.29, 1.82) is 0 Å². The number of nitrogens with zero attached hydrogens (tertiary/aromatic N) is 1. The largest absolute Gasteiger partial charge is 0.394 e. The van der Waals surface area contributed by atoms with Crippen LogP contribution in [0.15, 0.2) is 60.7 Å². The summed E-state index contributed by atoms with van der Waals surface area (Å²) in [7, 11) is 0. The van der Waals surface area contributed by atoms with Gasteiger partial charge in [-0.25, -0.2) is 0 Å². The smallest absolute Gasteiger partial charge is 0.244 e. The number of hydrogen-bond acceptors (Lipinski definition) is 5. The van der Waals surface area contributed by atoms with Crippen molar-refractivity contribution < 1.29 is 19.5 Å². The number of benzene rings is 2. The SMILES string of the molecule is CCCCCNC(=O)C1N([C@@H](CO)Cc2ccccc2)C(=O)[C@@H]2[C@@H](C(=O)NCc3ccccc3)[C@H]3CC(C)C12S3. The first-order valence-corrected chi connectivity index (χ1v) is 15.5. The fraction of sp³-hybridized carbons (Fsp3) is 0.531. The average molecular weight is 564 g/mol. The maximum absolute atomic E-state index is 14.4. The van der Waals surface area contributed by atoms with Gasteiger partial charge in [0.25, 0.3) is 0 Å². The fourth-order valence-electron chi connectivity index (χ4n) is 7.18. The van der Waals surface area contributed by atoms with Gasteiger partial charge in [-0.2, -0.15) is 0 Å². The third-order valence-electron chi connectivity index (χ3n) is 9.04. The maximum atomic E-state index is 14.4. The van der Waals surface area contributed by atoms with Gasteiger partial charge in [-0.1, -0.05) is 87.4 Å². The number of aliphatic hydroxyl groups is 1. The highest BCUT2D eigenvalue weighted by Gasteiger charge is 2.76. The topological polar surface area (TPSA) is 98.7 Å². The highest BCUT2D eigenvalue weighted by molar-refractivity contribution is 8.02. The highest BCUT2D eigenvalue weighted by Crippen LogP contribution is 2.68. The first kappa shape index (κ1) is 28.7. The molecule has 3 fully saturated rings. The standard InChI is InChI=1S/C32H41N3O4S/c1-3-4-11-16-33-30(38)28-32-21(2)17-25(40-32)26(29(37)34-19-23-14-9-6-10-15-23)27(32)31(39)35(28)24(20-36)18-22-12-7-5-8-13-22/h5-10,12-15,21,24-28,36H,3-4,11,16-20H2,1-2H3,(H,33,38)(H,34,37)/t21?,24-,25-,26+,27+,28?,32?/m1/s1. The number of amides is 3. The van der Waals surface area contributed by atoms with E-state index in [1.165, 1.54) is 0 Å². The molecule has 5 rings (SSSR count). The van der Waals surface area contributed by atoms with Crippen LogP contribution in [0, 0.1) is 17.8 Å². The molecule has 3 saturated heterocycles. The average Bonchev–Trinajstić information content (AvgIpc) is 3.57. The number of likely N-dealkylation sites (tertiary alicyclic amines) is 1. The van der Waals surface area contributed by atoms with E-state index in [9.17, 15) is 19.5 Å². The number of carbonyl (C=O) groups is 3. The summed E-state index contributed by atoms with van der Waals surface area (Å²) in [6, 6.07) is 18.2. The van der Waals surface area contributed by atoms with Gasteiger partial charge in [0.1, 0.15) is 6.04 Å². The molecule has 3 heterocycles. The van der Waals surface area contributed by atoms with Gasteiger partial charge >= 0.3 is 0 Å². The summed E-state index contributed by atoms with van der Waals surface area (Å²) in [5.74, 6) is -1.48. The van der Waals surface area contributed by atoms with E-state index in [-0.39, 0.29) is 35.5 Å². The summed E-state index contributed by atoms with van der Waals surface area (Å²) in [5.41, 5.74) is 2.00. The number of hydrogen-bond donors (Lipinski definition) is 3. The van der Waals surface area contributed by atoms with Crippen molar-refractivity contribution in [1.82, 2.24) is 15.5 Å². The van der Waals surface area contributed by atoms with Crippen LogP contribution < -0.4 is 10.6 Å². The van der Waals surface area contributed by atoms with Crippen LogP contribution in [0.1, 0.15) is 50.7 Å². The summed E-state index contributed by atoms with van der Waals surface area (Å²) >= 11 is 1.67. The Bertz CT molecular complexity index is 1200. The van der Waals surface area contributed by atoms with Gasteiger partial charge in [0, 0.05) is 18.3 Å². The molecule has 3 aliphatic heterocycles. The quantitative estimate of drug-likeness (QED) is 0.343. The van der Waals surface area contributed by atoms with Gasteiger partial charge < -0.3 is 20.6 Å². The van der Waals surface area contributed by atoms with Crippen molar-refractivity contribution >= 4 is 29.5 Å². The molecule has 8 heteroatoms. The Balaban J connectivity index is 1.46. The molecule has 2 aromatic carbocycles. The minimum atomic E-state index is -0.732. The van der Waals surface area contributed by atoms with E-state index in [1.54, 1.807) is 16.7 Å². The molecule has 7 nitrogen and oxygen atoms in total.